The Labute approximate surface area is 109 Å². The Kier molecular flexibility index (Phi) is 5.17. The van der Waals surface area contributed by atoms with E-state index in [-0.39, 0.29) is 12.6 Å². The Bertz CT molecular complexity index is 272. The zero-order valence-electron chi connectivity index (χ0n) is 11.7. The van der Waals surface area contributed by atoms with Gasteiger partial charge in [-0.25, -0.2) is 0 Å². The second-order valence-electron chi connectivity index (χ2n) is 6.43. The number of hydrogen-bond donors (Lipinski definition) is 2. The minimum absolute atomic E-state index is 0.0211. The summed E-state index contributed by atoms with van der Waals surface area (Å²) < 4.78 is 5.30. The highest BCUT2D eigenvalue weighted by Crippen LogP contribution is 2.35. The first-order valence-electron chi connectivity index (χ1n) is 6.79. The lowest BCUT2D eigenvalue weighted by molar-refractivity contribution is -0.156. The first-order valence-corrected chi connectivity index (χ1v) is 6.79. The minimum Gasteiger partial charge on any atom is -0.460 e. The van der Waals surface area contributed by atoms with Gasteiger partial charge in [0.25, 0.3) is 0 Å². The van der Waals surface area contributed by atoms with E-state index < -0.39 is 11.2 Å². The van der Waals surface area contributed by atoms with Gasteiger partial charge in [-0.3, -0.25) is 4.79 Å². The molecule has 0 spiro atoms. The molecule has 0 bridgehead atoms. The maximum Gasteiger partial charge on any atom is 0.306 e. The van der Waals surface area contributed by atoms with Crippen molar-refractivity contribution in [2.45, 2.75) is 70.5 Å². The molecule has 0 radical (unpaired) electrons. The van der Waals surface area contributed by atoms with Crippen molar-refractivity contribution in [2.24, 2.45) is 5.92 Å². The van der Waals surface area contributed by atoms with Crippen LogP contribution in [-0.2, 0) is 9.53 Å². The van der Waals surface area contributed by atoms with Gasteiger partial charge in [-0.2, -0.15) is 0 Å². The SMILES string of the molecule is CC(C)(C)OC(=O)CC1CCC(O)(CCO)CC1. The van der Waals surface area contributed by atoms with Crippen LogP contribution >= 0.6 is 0 Å². The Morgan fingerprint density at radius 3 is 2.33 bits per heavy atom. The van der Waals surface area contributed by atoms with Gasteiger partial charge in [0, 0.05) is 13.0 Å². The summed E-state index contributed by atoms with van der Waals surface area (Å²) in [6.45, 7) is 5.62. The third-order valence-corrected chi connectivity index (χ3v) is 3.49. The molecule has 0 saturated heterocycles. The number of esters is 1. The molecule has 1 saturated carbocycles. The molecule has 0 unspecified atom stereocenters. The highest BCUT2D eigenvalue weighted by atomic mass is 16.6. The molecule has 18 heavy (non-hydrogen) atoms. The molecular formula is C14H26O4. The van der Waals surface area contributed by atoms with E-state index in [0.29, 0.717) is 31.6 Å². The summed E-state index contributed by atoms with van der Waals surface area (Å²) in [6.07, 6.45) is 3.87. The average molecular weight is 258 g/mol. The van der Waals surface area contributed by atoms with E-state index in [9.17, 15) is 9.90 Å². The molecular weight excluding hydrogens is 232 g/mol. The molecule has 1 rings (SSSR count). The molecule has 0 aromatic rings. The number of aliphatic hydroxyl groups excluding tert-OH is 1. The van der Waals surface area contributed by atoms with Crippen LogP contribution in [-0.4, -0.2) is 34.0 Å². The summed E-state index contributed by atoms with van der Waals surface area (Å²) in [7, 11) is 0. The zero-order chi connectivity index (χ0) is 13.8. The molecule has 4 nitrogen and oxygen atoms in total. The lowest BCUT2D eigenvalue weighted by atomic mass is 9.76. The van der Waals surface area contributed by atoms with Crippen LogP contribution in [0.25, 0.3) is 0 Å². The smallest absolute Gasteiger partial charge is 0.306 e. The molecule has 0 amide bonds. The third-order valence-electron chi connectivity index (χ3n) is 3.49. The average Bonchev–Trinajstić information content (AvgIpc) is 2.19. The highest BCUT2D eigenvalue weighted by Gasteiger charge is 2.33. The second-order valence-corrected chi connectivity index (χ2v) is 6.43. The molecule has 1 aliphatic carbocycles. The normalized spacial score (nSPS) is 29.1. The van der Waals surface area contributed by atoms with Gasteiger partial charge in [0.1, 0.15) is 5.60 Å². The quantitative estimate of drug-likeness (QED) is 0.757. The largest absolute Gasteiger partial charge is 0.460 e. The molecule has 1 fully saturated rings. The van der Waals surface area contributed by atoms with Crippen molar-refractivity contribution in [1.82, 2.24) is 0 Å². The molecule has 0 heterocycles. The summed E-state index contributed by atoms with van der Waals surface area (Å²) in [5.74, 6) is 0.152. The van der Waals surface area contributed by atoms with Crippen molar-refractivity contribution in [3.8, 4) is 0 Å². The van der Waals surface area contributed by atoms with Crippen LogP contribution in [0.4, 0.5) is 0 Å². The van der Waals surface area contributed by atoms with Gasteiger partial charge in [0.05, 0.1) is 5.60 Å². The van der Waals surface area contributed by atoms with Crippen LogP contribution in [0, 0.1) is 5.92 Å². The number of aliphatic hydroxyl groups is 2. The van der Waals surface area contributed by atoms with Crippen LogP contribution in [0.5, 0.6) is 0 Å². The van der Waals surface area contributed by atoms with Crippen LogP contribution in [0.2, 0.25) is 0 Å². The van der Waals surface area contributed by atoms with Crippen LogP contribution < -0.4 is 0 Å². The molecule has 2 N–H and O–H groups in total. The number of hydrogen-bond acceptors (Lipinski definition) is 4. The lowest BCUT2D eigenvalue weighted by Crippen LogP contribution is -2.36. The van der Waals surface area contributed by atoms with Crippen molar-refractivity contribution in [3.63, 3.8) is 0 Å². The molecule has 0 aliphatic heterocycles. The monoisotopic (exact) mass is 258 g/mol. The van der Waals surface area contributed by atoms with Crippen LogP contribution in [0.1, 0.15) is 59.3 Å². The summed E-state index contributed by atoms with van der Waals surface area (Å²) >= 11 is 0. The first-order chi connectivity index (χ1) is 8.24. The molecule has 0 atom stereocenters. The summed E-state index contributed by atoms with van der Waals surface area (Å²) in [6, 6.07) is 0. The summed E-state index contributed by atoms with van der Waals surface area (Å²) in [5, 5.41) is 19.0. The topological polar surface area (TPSA) is 66.8 Å². The second kappa shape index (κ2) is 6.02. The standard InChI is InChI=1S/C14H26O4/c1-13(2,3)18-12(16)10-11-4-6-14(17,7-5-11)8-9-15/h11,15,17H,4-10H2,1-3H3. The number of carbonyl (C=O) groups is 1. The number of ether oxygens (including phenoxy) is 1. The molecule has 0 aromatic heterocycles. The molecule has 1 aliphatic rings. The van der Waals surface area contributed by atoms with E-state index in [0.717, 1.165) is 12.8 Å². The predicted molar refractivity (Wildman–Crippen MR) is 69.1 cm³/mol. The van der Waals surface area contributed by atoms with Gasteiger partial charge in [-0.15, -0.1) is 0 Å². The highest BCUT2D eigenvalue weighted by molar-refractivity contribution is 5.70. The van der Waals surface area contributed by atoms with E-state index >= 15 is 0 Å². The fraction of sp³-hybridized carbons (Fsp3) is 0.929. The van der Waals surface area contributed by atoms with Crippen LogP contribution in [0.3, 0.4) is 0 Å². The van der Waals surface area contributed by atoms with Crippen molar-refractivity contribution < 1.29 is 19.7 Å². The predicted octanol–water partition coefficient (Wildman–Crippen LogP) is 2.02. The fourth-order valence-corrected chi connectivity index (χ4v) is 2.50. The van der Waals surface area contributed by atoms with E-state index in [1.807, 2.05) is 20.8 Å². The van der Waals surface area contributed by atoms with Gasteiger partial charge in [0.2, 0.25) is 0 Å². The summed E-state index contributed by atoms with van der Waals surface area (Å²) in [5.41, 5.74) is -1.15. The summed E-state index contributed by atoms with van der Waals surface area (Å²) in [4.78, 5) is 11.7. The van der Waals surface area contributed by atoms with E-state index in [1.54, 1.807) is 0 Å². The Balaban J connectivity index is 2.33. The van der Waals surface area contributed by atoms with Crippen molar-refractivity contribution in [3.05, 3.63) is 0 Å². The fourth-order valence-electron chi connectivity index (χ4n) is 2.50. The van der Waals surface area contributed by atoms with E-state index in [4.69, 9.17) is 9.84 Å². The number of rotatable bonds is 4. The van der Waals surface area contributed by atoms with Gasteiger partial charge in [-0.1, -0.05) is 0 Å². The Morgan fingerprint density at radius 2 is 1.89 bits per heavy atom. The van der Waals surface area contributed by atoms with E-state index in [2.05, 4.69) is 0 Å². The van der Waals surface area contributed by atoms with Crippen molar-refractivity contribution in [1.29, 1.82) is 0 Å². The number of carbonyl (C=O) groups excluding carboxylic acids is 1. The third kappa shape index (κ3) is 5.36. The van der Waals surface area contributed by atoms with Gasteiger partial charge in [-0.05, 0) is 58.8 Å². The first kappa shape index (κ1) is 15.4. The molecule has 4 heteroatoms. The maximum absolute atomic E-state index is 11.7. The lowest BCUT2D eigenvalue weighted by Gasteiger charge is -2.35. The van der Waals surface area contributed by atoms with Gasteiger partial charge >= 0.3 is 5.97 Å². The minimum atomic E-state index is -0.723. The maximum atomic E-state index is 11.7. The molecule has 106 valence electrons. The Morgan fingerprint density at radius 1 is 1.33 bits per heavy atom. The van der Waals surface area contributed by atoms with E-state index in [1.165, 1.54) is 0 Å². The van der Waals surface area contributed by atoms with Crippen molar-refractivity contribution in [2.75, 3.05) is 6.61 Å². The van der Waals surface area contributed by atoms with Crippen LogP contribution in [0.15, 0.2) is 0 Å². The van der Waals surface area contributed by atoms with Gasteiger partial charge < -0.3 is 14.9 Å². The van der Waals surface area contributed by atoms with Gasteiger partial charge in [0.15, 0.2) is 0 Å². The van der Waals surface area contributed by atoms with Crippen molar-refractivity contribution >= 4 is 5.97 Å². The Hall–Kier alpha value is -0.610. The molecule has 0 aromatic carbocycles. The zero-order valence-corrected chi connectivity index (χ0v) is 11.7.